The Labute approximate surface area is 144 Å². The lowest BCUT2D eigenvalue weighted by Gasteiger charge is -2.58. The monoisotopic (exact) mass is 330 g/mol. The summed E-state index contributed by atoms with van der Waals surface area (Å²) in [5, 5.41) is 10.3. The highest BCUT2D eigenvalue weighted by Gasteiger charge is 2.61. The molecule has 0 radical (unpaired) electrons. The fraction of sp³-hybridized carbons (Fsp3) is 0.810. The average Bonchev–Trinajstić information content (AvgIpc) is 2.95. The Morgan fingerprint density at radius 2 is 1.96 bits per heavy atom. The lowest BCUT2D eigenvalue weighted by molar-refractivity contribution is -0.133. The number of hydrogen-bond acceptors (Lipinski definition) is 3. The van der Waals surface area contributed by atoms with Gasteiger partial charge in [-0.1, -0.05) is 12.5 Å². The first kappa shape index (κ1) is 16.5. The standard InChI is InChI=1S/C21H30O3/c1-13(23)17-5-6-19-16-4-3-14-11-15(24)7-9-20(14,2)18(16)8-10-21(17,19)12-22/h11,16-19,22H,3-10,12H2,1-2H3. The number of carbonyl (C=O) groups is 2. The first-order chi connectivity index (χ1) is 11.4. The summed E-state index contributed by atoms with van der Waals surface area (Å²) in [4.78, 5) is 24.1. The highest BCUT2D eigenvalue weighted by molar-refractivity contribution is 5.91. The molecule has 6 unspecified atom stereocenters. The zero-order valence-corrected chi connectivity index (χ0v) is 15.0. The van der Waals surface area contributed by atoms with Gasteiger partial charge in [-0.15, -0.1) is 0 Å². The number of ketones is 2. The van der Waals surface area contributed by atoms with E-state index < -0.39 is 0 Å². The molecule has 24 heavy (non-hydrogen) atoms. The summed E-state index contributed by atoms with van der Waals surface area (Å²) in [7, 11) is 0. The Hall–Kier alpha value is -0.960. The number of carbonyl (C=O) groups excluding carboxylic acids is 2. The van der Waals surface area contributed by atoms with Crippen LogP contribution in [0.25, 0.3) is 0 Å². The molecule has 4 aliphatic rings. The second-order valence-electron chi connectivity index (χ2n) is 9.14. The number of Topliss-reactive ketones (excluding diaryl/α,β-unsaturated/α-hetero) is 1. The van der Waals surface area contributed by atoms with E-state index in [1.165, 1.54) is 5.57 Å². The quantitative estimate of drug-likeness (QED) is 0.840. The molecular weight excluding hydrogens is 300 g/mol. The van der Waals surface area contributed by atoms with Gasteiger partial charge in [-0.25, -0.2) is 0 Å². The number of aliphatic hydroxyl groups is 1. The normalized spacial score (nSPS) is 47.5. The first-order valence-corrected chi connectivity index (χ1v) is 9.77. The van der Waals surface area contributed by atoms with Crippen molar-refractivity contribution in [1.29, 1.82) is 0 Å². The Bertz CT molecular complexity index is 606. The maximum Gasteiger partial charge on any atom is 0.155 e. The van der Waals surface area contributed by atoms with E-state index >= 15 is 0 Å². The lowest BCUT2D eigenvalue weighted by Crippen LogP contribution is -2.53. The van der Waals surface area contributed by atoms with Crippen LogP contribution in [0.15, 0.2) is 11.6 Å². The van der Waals surface area contributed by atoms with Gasteiger partial charge >= 0.3 is 0 Å². The molecule has 0 aromatic heterocycles. The number of allylic oxidation sites excluding steroid dienone is 1. The number of hydrogen-bond donors (Lipinski definition) is 1. The van der Waals surface area contributed by atoms with Crippen molar-refractivity contribution in [2.45, 2.75) is 65.2 Å². The molecule has 1 N–H and O–H groups in total. The smallest absolute Gasteiger partial charge is 0.155 e. The van der Waals surface area contributed by atoms with Gasteiger partial charge in [-0.3, -0.25) is 9.59 Å². The summed E-state index contributed by atoms with van der Waals surface area (Å²) < 4.78 is 0. The number of aliphatic hydroxyl groups excluding tert-OH is 1. The van der Waals surface area contributed by atoms with Crippen molar-refractivity contribution >= 4 is 11.6 Å². The average molecular weight is 330 g/mol. The molecule has 0 amide bonds. The molecule has 3 saturated carbocycles. The summed E-state index contributed by atoms with van der Waals surface area (Å²) in [6.45, 7) is 4.26. The van der Waals surface area contributed by atoms with E-state index in [4.69, 9.17) is 0 Å². The Morgan fingerprint density at radius 1 is 1.17 bits per heavy atom. The van der Waals surface area contributed by atoms with Crippen molar-refractivity contribution in [3.8, 4) is 0 Å². The summed E-state index contributed by atoms with van der Waals surface area (Å²) in [5.41, 5.74) is 1.40. The highest BCUT2D eigenvalue weighted by atomic mass is 16.3. The third kappa shape index (κ3) is 2.06. The van der Waals surface area contributed by atoms with Gasteiger partial charge < -0.3 is 5.11 Å². The molecule has 6 atom stereocenters. The SMILES string of the molecule is CC(=O)C1CCC2C3CCC4=CC(=O)CCC4(C)C3CCC12CO. The van der Waals surface area contributed by atoms with E-state index in [9.17, 15) is 14.7 Å². The van der Waals surface area contributed by atoms with Crippen LogP contribution in [0, 0.1) is 34.5 Å². The van der Waals surface area contributed by atoms with Crippen molar-refractivity contribution in [1.82, 2.24) is 0 Å². The molecule has 0 aromatic rings. The first-order valence-electron chi connectivity index (χ1n) is 9.77. The minimum atomic E-state index is -0.158. The molecule has 0 heterocycles. The van der Waals surface area contributed by atoms with Crippen LogP contribution in [0.4, 0.5) is 0 Å². The molecule has 132 valence electrons. The van der Waals surface area contributed by atoms with Crippen LogP contribution in [0.3, 0.4) is 0 Å². The molecule has 0 saturated heterocycles. The summed E-state index contributed by atoms with van der Waals surface area (Å²) in [5.74, 6) is 2.37. The van der Waals surface area contributed by atoms with Gasteiger partial charge in [-0.05, 0) is 81.1 Å². The number of fused-ring (bicyclic) bond motifs is 5. The van der Waals surface area contributed by atoms with E-state index in [1.807, 2.05) is 6.08 Å². The minimum Gasteiger partial charge on any atom is -0.396 e. The van der Waals surface area contributed by atoms with Crippen LogP contribution in [-0.2, 0) is 9.59 Å². The van der Waals surface area contributed by atoms with Crippen LogP contribution in [0.5, 0.6) is 0 Å². The summed E-state index contributed by atoms with van der Waals surface area (Å²) in [6.07, 6.45) is 9.94. The second kappa shape index (κ2) is 5.52. The van der Waals surface area contributed by atoms with Gasteiger partial charge in [0.05, 0.1) is 0 Å². The van der Waals surface area contributed by atoms with E-state index in [0.717, 1.165) is 44.9 Å². The molecular formula is C21H30O3. The molecule has 0 bridgehead atoms. The van der Waals surface area contributed by atoms with Crippen LogP contribution in [-0.4, -0.2) is 23.3 Å². The Balaban J connectivity index is 1.69. The predicted molar refractivity (Wildman–Crippen MR) is 92.3 cm³/mol. The fourth-order valence-corrected chi connectivity index (χ4v) is 7.28. The minimum absolute atomic E-state index is 0.0612. The van der Waals surface area contributed by atoms with Gasteiger partial charge in [0.15, 0.2) is 5.78 Å². The Kier molecular flexibility index (Phi) is 3.80. The predicted octanol–water partition coefficient (Wildman–Crippen LogP) is 3.70. The summed E-state index contributed by atoms with van der Waals surface area (Å²) >= 11 is 0. The molecule has 0 aromatic carbocycles. The molecule has 3 fully saturated rings. The topological polar surface area (TPSA) is 54.4 Å². The fourth-order valence-electron chi connectivity index (χ4n) is 7.28. The zero-order valence-electron chi connectivity index (χ0n) is 15.0. The van der Waals surface area contributed by atoms with Crippen molar-refractivity contribution in [3.63, 3.8) is 0 Å². The molecule has 0 spiro atoms. The highest BCUT2D eigenvalue weighted by Crippen LogP contribution is 2.66. The van der Waals surface area contributed by atoms with Crippen LogP contribution in [0.1, 0.15) is 65.2 Å². The largest absolute Gasteiger partial charge is 0.396 e. The molecule has 3 nitrogen and oxygen atoms in total. The maximum atomic E-state index is 12.2. The van der Waals surface area contributed by atoms with Gasteiger partial charge in [0.1, 0.15) is 5.78 Å². The third-order valence-electron chi connectivity index (χ3n) is 8.46. The molecule has 0 aliphatic heterocycles. The Morgan fingerprint density at radius 3 is 2.67 bits per heavy atom. The zero-order chi connectivity index (χ0) is 17.1. The third-order valence-corrected chi connectivity index (χ3v) is 8.46. The van der Waals surface area contributed by atoms with E-state index in [2.05, 4.69) is 6.92 Å². The second-order valence-corrected chi connectivity index (χ2v) is 9.14. The molecule has 4 rings (SSSR count). The van der Waals surface area contributed by atoms with Crippen LogP contribution >= 0.6 is 0 Å². The van der Waals surface area contributed by atoms with Gasteiger partial charge in [-0.2, -0.15) is 0 Å². The van der Waals surface area contributed by atoms with Crippen molar-refractivity contribution in [2.24, 2.45) is 34.5 Å². The van der Waals surface area contributed by atoms with Gasteiger partial charge in [0, 0.05) is 24.4 Å². The van der Waals surface area contributed by atoms with Crippen molar-refractivity contribution in [3.05, 3.63) is 11.6 Å². The van der Waals surface area contributed by atoms with Crippen LogP contribution in [0.2, 0.25) is 0 Å². The summed E-state index contributed by atoms with van der Waals surface area (Å²) in [6, 6.07) is 0. The van der Waals surface area contributed by atoms with E-state index in [1.54, 1.807) is 6.92 Å². The van der Waals surface area contributed by atoms with E-state index in [-0.39, 0.29) is 29.1 Å². The molecule has 4 aliphatic carbocycles. The van der Waals surface area contributed by atoms with Crippen molar-refractivity contribution < 1.29 is 14.7 Å². The maximum absolute atomic E-state index is 12.2. The van der Waals surface area contributed by atoms with Crippen LogP contribution < -0.4 is 0 Å². The van der Waals surface area contributed by atoms with Gasteiger partial charge in [0.25, 0.3) is 0 Å². The lowest BCUT2D eigenvalue weighted by atomic mass is 9.46. The van der Waals surface area contributed by atoms with Gasteiger partial charge in [0.2, 0.25) is 0 Å². The van der Waals surface area contributed by atoms with E-state index in [0.29, 0.717) is 30.0 Å². The number of rotatable bonds is 2. The van der Waals surface area contributed by atoms with Crippen molar-refractivity contribution in [2.75, 3.05) is 6.61 Å². The molecule has 3 heteroatoms.